The number of hydrogen-bond donors (Lipinski definition) is 2. The van der Waals surface area contributed by atoms with E-state index in [4.69, 9.17) is 5.26 Å². The van der Waals surface area contributed by atoms with E-state index in [1.165, 1.54) is 6.33 Å². The molecule has 122 valence electrons. The number of rotatable bonds is 4. The third-order valence-corrected chi connectivity index (χ3v) is 3.79. The lowest BCUT2D eigenvalue weighted by molar-refractivity contribution is 0.102. The second kappa shape index (κ2) is 7.55. The zero-order valence-electron chi connectivity index (χ0n) is 12.9. The van der Waals surface area contributed by atoms with Gasteiger partial charge in [-0.2, -0.15) is 5.26 Å². The van der Waals surface area contributed by atoms with Crippen molar-refractivity contribution in [2.75, 3.05) is 10.6 Å². The van der Waals surface area contributed by atoms with Crippen LogP contribution < -0.4 is 10.6 Å². The number of anilines is 3. The Labute approximate surface area is 152 Å². The molecule has 2 N–H and O–H groups in total. The molecule has 3 aromatic rings. The zero-order chi connectivity index (χ0) is 17.6. The van der Waals surface area contributed by atoms with Crippen molar-refractivity contribution in [3.63, 3.8) is 0 Å². The van der Waals surface area contributed by atoms with Gasteiger partial charge in [0.1, 0.15) is 17.8 Å². The van der Waals surface area contributed by atoms with Gasteiger partial charge >= 0.3 is 0 Å². The molecule has 6 nitrogen and oxygen atoms in total. The molecule has 0 aliphatic carbocycles. The molecule has 0 radical (unpaired) electrons. The first-order valence-electron chi connectivity index (χ1n) is 7.30. The molecule has 3 rings (SSSR count). The number of nitrogens with zero attached hydrogens (tertiary/aromatic N) is 3. The molecular weight excluding hydrogens is 382 g/mol. The van der Waals surface area contributed by atoms with E-state index >= 15 is 0 Å². The van der Waals surface area contributed by atoms with Crippen LogP contribution in [0.3, 0.4) is 0 Å². The second-order valence-electron chi connectivity index (χ2n) is 5.07. The highest BCUT2D eigenvalue weighted by atomic mass is 79.9. The van der Waals surface area contributed by atoms with Crippen molar-refractivity contribution in [1.29, 1.82) is 5.26 Å². The Morgan fingerprint density at radius 1 is 1.04 bits per heavy atom. The highest BCUT2D eigenvalue weighted by Crippen LogP contribution is 2.18. The SMILES string of the molecule is N#Cc1cccc(NC(=O)c2cc(Nc3ccc(Br)cc3)ncn2)c1. The van der Waals surface area contributed by atoms with Gasteiger partial charge in [-0.3, -0.25) is 4.79 Å². The fourth-order valence-corrected chi connectivity index (χ4v) is 2.36. The number of hydrogen-bond acceptors (Lipinski definition) is 5. The van der Waals surface area contributed by atoms with Crippen molar-refractivity contribution >= 4 is 39.0 Å². The van der Waals surface area contributed by atoms with Crippen LogP contribution in [0.25, 0.3) is 0 Å². The molecule has 0 spiro atoms. The van der Waals surface area contributed by atoms with Gasteiger partial charge in [-0.1, -0.05) is 22.0 Å². The van der Waals surface area contributed by atoms with Crippen LogP contribution in [0.15, 0.2) is 65.4 Å². The van der Waals surface area contributed by atoms with Crippen molar-refractivity contribution in [2.45, 2.75) is 0 Å². The average molecular weight is 394 g/mol. The number of halogens is 1. The number of carbonyl (C=O) groups excluding carboxylic acids is 1. The third kappa shape index (κ3) is 4.40. The lowest BCUT2D eigenvalue weighted by atomic mass is 10.2. The smallest absolute Gasteiger partial charge is 0.274 e. The van der Waals surface area contributed by atoms with E-state index in [0.717, 1.165) is 10.2 Å². The Balaban J connectivity index is 1.75. The Bertz CT molecular complexity index is 950. The molecule has 2 aromatic carbocycles. The maximum Gasteiger partial charge on any atom is 0.274 e. The summed E-state index contributed by atoms with van der Waals surface area (Å²) in [4.78, 5) is 20.5. The van der Waals surface area contributed by atoms with Gasteiger partial charge in [0.25, 0.3) is 5.91 Å². The largest absolute Gasteiger partial charge is 0.340 e. The van der Waals surface area contributed by atoms with Gasteiger partial charge in [-0.25, -0.2) is 9.97 Å². The van der Waals surface area contributed by atoms with Gasteiger partial charge < -0.3 is 10.6 Å². The lowest BCUT2D eigenvalue weighted by Gasteiger charge is -2.08. The number of nitrogens with one attached hydrogen (secondary N) is 2. The number of benzene rings is 2. The van der Waals surface area contributed by atoms with E-state index in [-0.39, 0.29) is 11.6 Å². The van der Waals surface area contributed by atoms with Crippen LogP contribution in [0.4, 0.5) is 17.2 Å². The molecule has 0 atom stereocenters. The normalized spacial score (nSPS) is 9.92. The van der Waals surface area contributed by atoms with Crippen molar-refractivity contribution in [3.05, 3.63) is 76.7 Å². The van der Waals surface area contributed by atoms with E-state index in [2.05, 4.69) is 36.5 Å². The fraction of sp³-hybridized carbons (Fsp3) is 0. The second-order valence-corrected chi connectivity index (χ2v) is 5.98. The molecule has 0 aliphatic heterocycles. The van der Waals surface area contributed by atoms with Gasteiger partial charge in [0, 0.05) is 21.9 Å². The molecule has 1 heterocycles. The van der Waals surface area contributed by atoms with E-state index in [9.17, 15) is 4.79 Å². The van der Waals surface area contributed by atoms with Crippen molar-refractivity contribution in [3.8, 4) is 6.07 Å². The monoisotopic (exact) mass is 393 g/mol. The number of carbonyl (C=O) groups is 1. The van der Waals surface area contributed by atoms with E-state index < -0.39 is 0 Å². The Kier molecular flexibility index (Phi) is 5.02. The summed E-state index contributed by atoms with van der Waals surface area (Å²) >= 11 is 3.38. The predicted octanol–water partition coefficient (Wildman–Crippen LogP) is 4.11. The quantitative estimate of drug-likeness (QED) is 0.695. The van der Waals surface area contributed by atoms with Crippen molar-refractivity contribution in [2.24, 2.45) is 0 Å². The first-order chi connectivity index (χ1) is 12.1. The summed E-state index contributed by atoms with van der Waals surface area (Å²) in [6.07, 6.45) is 1.32. The highest BCUT2D eigenvalue weighted by Gasteiger charge is 2.10. The Morgan fingerprint density at radius 2 is 1.84 bits per heavy atom. The molecule has 0 saturated carbocycles. The Hall–Kier alpha value is -3.24. The van der Waals surface area contributed by atoms with Crippen LogP contribution in [0.5, 0.6) is 0 Å². The van der Waals surface area contributed by atoms with Gasteiger partial charge in [0.2, 0.25) is 0 Å². The summed E-state index contributed by atoms with van der Waals surface area (Å²) in [5.74, 6) is 0.129. The maximum absolute atomic E-state index is 12.3. The summed E-state index contributed by atoms with van der Waals surface area (Å²) in [7, 11) is 0. The predicted molar refractivity (Wildman–Crippen MR) is 98.6 cm³/mol. The molecule has 25 heavy (non-hydrogen) atoms. The maximum atomic E-state index is 12.3. The highest BCUT2D eigenvalue weighted by molar-refractivity contribution is 9.10. The van der Waals surface area contributed by atoms with Crippen LogP contribution in [-0.4, -0.2) is 15.9 Å². The minimum atomic E-state index is -0.378. The van der Waals surface area contributed by atoms with Crippen LogP contribution in [0.2, 0.25) is 0 Å². The first-order valence-corrected chi connectivity index (χ1v) is 8.09. The number of aromatic nitrogens is 2. The van der Waals surface area contributed by atoms with Crippen LogP contribution in [-0.2, 0) is 0 Å². The molecule has 0 unspecified atom stereocenters. The lowest BCUT2D eigenvalue weighted by Crippen LogP contribution is -2.14. The van der Waals surface area contributed by atoms with Crippen LogP contribution >= 0.6 is 15.9 Å². The number of amides is 1. The minimum absolute atomic E-state index is 0.219. The molecule has 1 aromatic heterocycles. The molecular formula is C18H12BrN5O. The van der Waals surface area contributed by atoms with E-state index in [1.54, 1.807) is 30.3 Å². The van der Waals surface area contributed by atoms with E-state index in [1.807, 2.05) is 30.3 Å². The third-order valence-electron chi connectivity index (χ3n) is 3.27. The fourth-order valence-electron chi connectivity index (χ4n) is 2.09. The topological polar surface area (TPSA) is 90.7 Å². The van der Waals surface area contributed by atoms with Gasteiger partial charge in [-0.05, 0) is 42.5 Å². The summed E-state index contributed by atoms with van der Waals surface area (Å²) in [6.45, 7) is 0. The van der Waals surface area contributed by atoms with Crippen LogP contribution in [0.1, 0.15) is 16.1 Å². The zero-order valence-corrected chi connectivity index (χ0v) is 14.5. The van der Waals surface area contributed by atoms with Crippen LogP contribution in [0, 0.1) is 11.3 Å². The average Bonchev–Trinajstić information content (AvgIpc) is 2.64. The molecule has 0 saturated heterocycles. The molecule has 0 fully saturated rings. The summed E-state index contributed by atoms with van der Waals surface area (Å²) in [5.41, 5.74) is 2.06. The van der Waals surface area contributed by atoms with Crippen molar-refractivity contribution < 1.29 is 4.79 Å². The summed E-state index contributed by atoms with van der Waals surface area (Å²) < 4.78 is 0.973. The van der Waals surface area contributed by atoms with Gasteiger partial charge in [-0.15, -0.1) is 0 Å². The first kappa shape index (κ1) is 16.6. The molecule has 7 heteroatoms. The molecule has 0 aliphatic rings. The molecule has 0 bridgehead atoms. The minimum Gasteiger partial charge on any atom is -0.340 e. The Morgan fingerprint density at radius 3 is 2.60 bits per heavy atom. The van der Waals surface area contributed by atoms with Gasteiger partial charge in [0.15, 0.2) is 0 Å². The summed E-state index contributed by atoms with van der Waals surface area (Å²) in [6, 6.07) is 17.8. The van der Waals surface area contributed by atoms with E-state index in [0.29, 0.717) is 17.1 Å². The van der Waals surface area contributed by atoms with Crippen molar-refractivity contribution in [1.82, 2.24) is 9.97 Å². The molecule has 1 amide bonds. The van der Waals surface area contributed by atoms with Gasteiger partial charge in [0.05, 0.1) is 11.6 Å². The summed E-state index contributed by atoms with van der Waals surface area (Å²) in [5, 5.41) is 14.7. The number of nitriles is 1. The standard InChI is InChI=1S/C18H12BrN5O/c19-13-4-6-14(7-5-13)23-17-9-16(21-11-22-17)18(25)24-15-3-1-2-12(8-15)10-20/h1-9,11H,(H,24,25)(H,21,22,23).